The van der Waals surface area contributed by atoms with Gasteiger partial charge in [-0.25, -0.2) is 4.79 Å². The van der Waals surface area contributed by atoms with Crippen LogP contribution in [0.1, 0.15) is 80.6 Å². The van der Waals surface area contributed by atoms with E-state index >= 15 is 0 Å². The number of amides is 8. The van der Waals surface area contributed by atoms with E-state index in [1.54, 1.807) is 0 Å². The van der Waals surface area contributed by atoms with Gasteiger partial charge < -0.3 is 70.6 Å². The standard InChI is InChI=1S/C33H61N13O10/c1-15(35)24(47)45-22(12-10-14-38-33(36)37)31(54)44-20(6)29(52)42-18(4)27(50)40-16(2)25(48)39-17(3)26(49)41-19(5)28(51)43-21(7)30(53)46-23(32(55)56)11-8-9-13-34/h15-23H,8-14,34-35H2,1-7H3,(H,39,48)(H,40,50)(H,41,49)(H,42,52)(H,43,51)(H,44,54)(H,45,47)(H,46,53)(H,55,56)(H4,36,37,38)/t15-,16-,17-,18-,19-,20-,21-,22-,23-/m0/s1. The Morgan fingerprint density at radius 3 is 1.12 bits per heavy atom. The minimum Gasteiger partial charge on any atom is -0.480 e. The van der Waals surface area contributed by atoms with Crippen molar-refractivity contribution in [2.24, 2.45) is 27.9 Å². The minimum absolute atomic E-state index is 0.122. The van der Waals surface area contributed by atoms with Crippen molar-refractivity contribution in [3.8, 4) is 0 Å². The first-order chi connectivity index (χ1) is 26.0. The highest BCUT2D eigenvalue weighted by molar-refractivity contribution is 5.97. The Labute approximate surface area is 325 Å². The van der Waals surface area contributed by atoms with Crippen LogP contribution in [0, 0.1) is 0 Å². The lowest BCUT2D eigenvalue weighted by Crippen LogP contribution is -2.58. The van der Waals surface area contributed by atoms with Crippen LogP contribution in [-0.2, 0) is 43.2 Å². The summed E-state index contributed by atoms with van der Waals surface area (Å²) >= 11 is 0. The van der Waals surface area contributed by atoms with E-state index in [-0.39, 0.29) is 25.3 Å². The smallest absolute Gasteiger partial charge is 0.326 e. The zero-order valence-electron chi connectivity index (χ0n) is 33.0. The van der Waals surface area contributed by atoms with E-state index in [0.29, 0.717) is 25.8 Å². The van der Waals surface area contributed by atoms with Gasteiger partial charge in [-0.3, -0.25) is 43.3 Å². The van der Waals surface area contributed by atoms with Crippen molar-refractivity contribution in [2.75, 3.05) is 13.1 Å². The summed E-state index contributed by atoms with van der Waals surface area (Å²) in [4.78, 5) is 117. The van der Waals surface area contributed by atoms with E-state index in [0.717, 1.165) is 0 Å². The van der Waals surface area contributed by atoms with Gasteiger partial charge in [0.25, 0.3) is 0 Å². The molecule has 318 valence electrons. The molecule has 0 saturated carbocycles. The fourth-order valence-corrected chi connectivity index (χ4v) is 4.52. The minimum atomic E-state index is -1.24. The number of carboxylic acid groups (broad SMARTS) is 1. The van der Waals surface area contributed by atoms with Crippen LogP contribution < -0.4 is 65.5 Å². The summed E-state index contributed by atoms with van der Waals surface area (Å²) < 4.78 is 0. The fourth-order valence-electron chi connectivity index (χ4n) is 4.52. The van der Waals surface area contributed by atoms with E-state index in [1.807, 2.05) is 0 Å². The average Bonchev–Trinajstić information content (AvgIpc) is 3.11. The summed E-state index contributed by atoms with van der Waals surface area (Å²) in [5, 5.41) is 28.7. The first-order valence-corrected chi connectivity index (χ1v) is 18.2. The van der Waals surface area contributed by atoms with E-state index in [9.17, 15) is 48.3 Å². The summed E-state index contributed by atoms with van der Waals surface area (Å²) in [6.45, 7) is 10.0. The number of aliphatic imine (C=N–C) groups is 1. The van der Waals surface area contributed by atoms with Crippen molar-refractivity contribution >= 4 is 59.2 Å². The molecule has 0 fully saturated rings. The number of nitrogens with two attached hydrogens (primary N) is 4. The molecule has 0 unspecified atom stereocenters. The molecule has 23 heteroatoms. The third kappa shape index (κ3) is 19.7. The third-order valence-electron chi connectivity index (χ3n) is 8.07. The number of guanidine groups is 1. The lowest BCUT2D eigenvalue weighted by atomic mass is 10.1. The van der Waals surface area contributed by atoms with Crippen LogP contribution in [0.25, 0.3) is 0 Å². The van der Waals surface area contributed by atoms with Crippen molar-refractivity contribution in [3.63, 3.8) is 0 Å². The number of hydrogen-bond acceptors (Lipinski definition) is 12. The number of hydrogen-bond donors (Lipinski definition) is 13. The Bertz CT molecular complexity index is 1420. The molecule has 0 aliphatic carbocycles. The molecule has 9 atom stereocenters. The summed E-state index contributed by atoms with van der Waals surface area (Å²) in [7, 11) is 0. The first-order valence-electron chi connectivity index (χ1n) is 18.2. The molecule has 17 N–H and O–H groups in total. The maximum Gasteiger partial charge on any atom is 0.326 e. The third-order valence-corrected chi connectivity index (χ3v) is 8.07. The second kappa shape index (κ2) is 25.5. The Hall–Kier alpha value is -5.58. The Balaban J connectivity index is 5.03. The van der Waals surface area contributed by atoms with Gasteiger partial charge in [0.05, 0.1) is 6.04 Å². The highest BCUT2D eigenvalue weighted by atomic mass is 16.4. The van der Waals surface area contributed by atoms with Gasteiger partial charge in [0.1, 0.15) is 48.3 Å². The molecule has 56 heavy (non-hydrogen) atoms. The number of rotatable bonds is 25. The molecule has 0 rings (SSSR count). The molecule has 0 aliphatic rings. The predicted octanol–water partition coefficient (Wildman–Crippen LogP) is -5.40. The van der Waals surface area contributed by atoms with E-state index < -0.39 is 108 Å². The number of carboxylic acids is 1. The number of carbonyl (C=O) groups is 9. The first kappa shape index (κ1) is 50.4. The number of aliphatic carboxylic acids is 1. The number of unbranched alkanes of at least 4 members (excludes halogenated alkanes) is 1. The quantitative estimate of drug-likeness (QED) is 0.0233. The summed E-state index contributed by atoms with van der Waals surface area (Å²) in [5.41, 5.74) is 21.6. The molecular formula is C33H61N13O10. The zero-order valence-corrected chi connectivity index (χ0v) is 33.0. The Kier molecular flexibility index (Phi) is 23.0. The fraction of sp³-hybridized carbons (Fsp3) is 0.697. The second-order valence-electron chi connectivity index (χ2n) is 13.4. The second-order valence-corrected chi connectivity index (χ2v) is 13.4. The number of carbonyl (C=O) groups excluding carboxylic acids is 8. The molecule has 0 bridgehead atoms. The van der Waals surface area contributed by atoms with E-state index in [1.165, 1.54) is 48.5 Å². The van der Waals surface area contributed by atoms with Crippen LogP contribution in [0.4, 0.5) is 0 Å². The molecular weight excluding hydrogens is 738 g/mol. The van der Waals surface area contributed by atoms with Crippen molar-refractivity contribution in [1.29, 1.82) is 0 Å². The monoisotopic (exact) mass is 799 g/mol. The van der Waals surface area contributed by atoms with Gasteiger partial charge in [0.15, 0.2) is 5.96 Å². The maximum absolute atomic E-state index is 12.9. The highest BCUT2D eigenvalue weighted by Crippen LogP contribution is 2.03. The highest BCUT2D eigenvalue weighted by Gasteiger charge is 2.30. The molecule has 23 nitrogen and oxygen atoms in total. The molecule has 0 aromatic carbocycles. The van der Waals surface area contributed by atoms with Gasteiger partial charge in [0, 0.05) is 6.54 Å². The predicted molar refractivity (Wildman–Crippen MR) is 204 cm³/mol. The zero-order chi connectivity index (χ0) is 43.3. The van der Waals surface area contributed by atoms with Gasteiger partial charge in [0.2, 0.25) is 47.3 Å². The molecule has 0 heterocycles. The van der Waals surface area contributed by atoms with E-state index in [2.05, 4.69) is 47.5 Å². The van der Waals surface area contributed by atoms with Gasteiger partial charge in [-0.15, -0.1) is 0 Å². The number of nitrogens with one attached hydrogen (secondary N) is 8. The molecule has 0 radical (unpaired) electrons. The summed E-state index contributed by atoms with van der Waals surface area (Å²) in [5.74, 6) is -7.24. The normalized spacial score (nSPS) is 15.6. The lowest BCUT2D eigenvalue weighted by molar-refractivity contribution is -0.142. The number of nitrogens with zero attached hydrogens (tertiary/aromatic N) is 1. The average molecular weight is 800 g/mol. The molecule has 0 aromatic rings. The van der Waals surface area contributed by atoms with Crippen LogP contribution in [0.3, 0.4) is 0 Å². The summed E-state index contributed by atoms with van der Waals surface area (Å²) in [6, 6.07) is -10.2. The van der Waals surface area contributed by atoms with Gasteiger partial charge in [-0.2, -0.15) is 0 Å². The van der Waals surface area contributed by atoms with Crippen LogP contribution in [0.2, 0.25) is 0 Å². The molecule has 0 spiro atoms. The maximum atomic E-state index is 12.9. The van der Waals surface area contributed by atoms with Gasteiger partial charge >= 0.3 is 5.97 Å². The molecule has 0 aliphatic heterocycles. The topological polar surface area (TPSA) is 387 Å². The van der Waals surface area contributed by atoms with Crippen molar-refractivity contribution in [1.82, 2.24) is 42.5 Å². The van der Waals surface area contributed by atoms with Crippen LogP contribution in [0.15, 0.2) is 4.99 Å². The van der Waals surface area contributed by atoms with Crippen LogP contribution in [0.5, 0.6) is 0 Å². The van der Waals surface area contributed by atoms with Gasteiger partial charge in [-0.1, -0.05) is 0 Å². The molecule has 0 aromatic heterocycles. The lowest BCUT2D eigenvalue weighted by Gasteiger charge is -2.24. The summed E-state index contributed by atoms with van der Waals surface area (Å²) in [6.07, 6.45) is 1.64. The van der Waals surface area contributed by atoms with Crippen molar-refractivity contribution < 1.29 is 48.3 Å². The SMILES string of the molecule is C[C@H](N)C(=O)N[C@@H](CCCN=C(N)N)C(=O)N[C@@H](C)C(=O)N[C@@H](C)C(=O)N[C@@H](C)C(=O)N[C@@H](C)C(=O)N[C@@H](C)C(=O)N[C@@H](C)C(=O)N[C@@H](CCCCN)C(=O)O. The molecule has 0 saturated heterocycles. The van der Waals surface area contributed by atoms with Crippen molar-refractivity contribution in [3.05, 3.63) is 0 Å². The van der Waals surface area contributed by atoms with E-state index in [4.69, 9.17) is 22.9 Å². The Morgan fingerprint density at radius 2 is 0.804 bits per heavy atom. The molecule has 8 amide bonds. The van der Waals surface area contributed by atoms with Gasteiger partial charge in [-0.05, 0) is 87.1 Å². The Morgan fingerprint density at radius 1 is 0.482 bits per heavy atom. The largest absolute Gasteiger partial charge is 0.480 e. The van der Waals surface area contributed by atoms with Crippen LogP contribution in [-0.4, -0.2) is 132 Å². The van der Waals surface area contributed by atoms with Crippen molar-refractivity contribution in [2.45, 2.75) is 135 Å². The van der Waals surface area contributed by atoms with Crippen LogP contribution >= 0.6 is 0 Å².